The summed E-state index contributed by atoms with van der Waals surface area (Å²) in [4.78, 5) is 20.9. The lowest BCUT2D eigenvalue weighted by molar-refractivity contribution is -0.0152. The zero-order valence-corrected chi connectivity index (χ0v) is 18.9. The van der Waals surface area contributed by atoms with E-state index < -0.39 is 11.3 Å². The first-order valence-electron chi connectivity index (χ1n) is 11.4. The molecule has 1 aliphatic carbocycles. The van der Waals surface area contributed by atoms with Crippen LogP contribution in [0.3, 0.4) is 0 Å². The van der Waals surface area contributed by atoms with Crippen LogP contribution in [0.2, 0.25) is 0 Å². The maximum absolute atomic E-state index is 14.2. The quantitative estimate of drug-likeness (QED) is 0.498. The lowest BCUT2D eigenvalue weighted by Crippen LogP contribution is -2.58. The first-order valence-corrected chi connectivity index (χ1v) is 11.4. The van der Waals surface area contributed by atoms with Gasteiger partial charge in [-0.25, -0.2) is 9.64 Å². The third-order valence-electron chi connectivity index (χ3n) is 7.13. The number of carbonyl (C=O) groups is 1. The minimum Gasteiger partial charge on any atom is -0.364 e. The molecule has 3 aromatic carbocycles. The van der Waals surface area contributed by atoms with Gasteiger partial charge in [-0.1, -0.05) is 54.8 Å². The second-order valence-electron chi connectivity index (χ2n) is 9.02. The fraction of sp³-hybridized carbons (Fsp3) is 0.250. The summed E-state index contributed by atoms with van der Waals surface area (Å²) in [5, 5.41) is 22.0. The topological polar surface area (TPSA) is 71.9 Å². The molecule has 1 aliphatic heterocycles. The van der Waals surface area contributed by atoms with E-state index in [-0.39, 0.29) is 6.03 Å². The normalized spacial score (nSPS) is 21.0. The monoisotopic (exact) mass is 448 g/mol. The Morgan fingerprint density at radius 2 is 1.59 bits per heavy atom. The van der Waals surface area contributed by atoms with E-state index in [1.807, 2.05) is 31.2 Å². The molecule has 3 aromatic rings. The van der Waals surface area contributed by atoms with E-state index in [9.17, 15) is 15.2 Å². The second kappa shape index (κ2) is 8.02. The highest BCUT2D eigenvalue weighted by atomic mass is 16.3. The van der Waals surface area contributed by atoms with Crippen molar-refractivity contribution < 1.29 is 9.90 Å². The van der Waals surface area contributed by atoms with Gasteiger partial charge in [-0.3, -0.25) is 9.80 Å². The molecular weight excluding hydrogens is 424 g/mol. The van der Waals surface area contributed by atoms with Crippen LogP contribution in [-0.4, -0.2) is 16.7 Å². The Labute approximate surface area is 199 Å². The summed E-state index contributed by atoms with van der Waals surface area (Å²) < 4.78 is 0. The molecule has 2 aliphatic rings. The number of nitriles is 1. The Hall–Kier alpha value is -4.13. The van der Waals surface area contributed by atoms with Crippen LogP contribution in [0.15, 0.2) is 72.8 Å². The van der Waals surface area contributed by atoms with Crippen LogP contribution in [-0.2, 0) is 5.72 Å². The van der Waals surface area contributed by atoms with Gasteiger partial charge in [0.2, 0.25) is 0 Å². The van der Waals surface area contributed by atoms with Gasteiger partial charge in [0, 0.05) is 16.9 Å². The molecule has 5 rings (SSSR count). The molecule has 34 heavy (non-hydrogen) atoms. The van der Waals surface area contributed by atoms with E-state index in [2.05, 4.69) is 10.9 Å². The molecular formula is C28H24N4O2. The Morgan fingerprint density at radius 1 is 0.971 bits per heavy atom. The highest BCUT2D eigenvalue weighted by molar-refractivity contribution is 6.09. The highest BCUT2D eigenvalue weighted by Crippen LogP contribution is 2.57. The second-order valence-corrected chi connectivity index (χ2v) is 9.02. The smallest absolute Gasteiger partial charge is 0.332 e. The molecule has 168 valence electrons. The maximum atomic E-state index is 14.2. The van der Waals surface area contributed by atoms with Gasteiger partial charge in [-0.05, 0) is 56.2 Å². The first-order chi connectivity index (χ1) is 16.4. The van der Waals surface area contributed by atoms with Crippen molar-refractivity contribution in [2.45, 2.75) is 43.9 Å². The van der Waals surface area contributed by atoms with Crippen molar-refractivity contribution in [3.05, 3.63) is 101 Å². The predicted octanol–water partition coefficient (Wildman–Crippen LogP) is 6.02. The average Bonchev–Trinajstić information content (AvgIpc) is 3.42. The fourth-order valence-corrected chi connectivity index (χ4v) is 5.59. The lowest BCUT2D eigenvalue weighted by atomic mass is 9.78. The summed E-state index contributed by atoms with van der Waals surface area (Å²) in [6.07, 6.45) is 3.05. The maximum Gasteiger partial charge on any atom is 0.332 e. The number of amides is 2. The number of hydrogen-bond acceptors (Lipinski definition) is 3. The molecule has 6 heteroatoms. The van der Waals surface area contributed by atoms with Crippen LogP contribution >= 0.6 is 0 Å². The molecule has 1 saturated carbocycles. The number of aryl methyl sites for hydroxylation is 1. The van der Waals surface area contributed by atoms with E-state index in [1.165, 1.54) is 4.90 Å². The fourth-order valence-electron chi connectivity index (χ4n) is 5.59. The summed E-state index contributed by atoms with van der Waals surface area (Å²) in [6.45, 7) is 9.24. The van der Waals surface area contributed by atoms with Gasteiger partial charge in [0.05, 0.1) is 18.2 Å². The van der Waals surface area contributed by atoms with Crippen LogP contribution in [0.5, 0.6) is 0 Å². The van der Waals surface area contributed by atoms with E-state index in [0.29, 0.717) is 41.0 Å². The van der Waals surface area contributed by atoms with Crippen LogP contribution in [0.4, 0.5) is 21.9 Å². The molecule has 1 unspecified atom stereocenters. The van der Waals surface area contributed by atoms with Gasteiger partial charge in [0.25, 0.3) is 0 Å². The van der Waals surface area contributed by atoms with Gasteiger partial charge >= 0.3 is 6.03 Å². The molecule has 1 saturated heterocycles. The molecule has 1 N–H and O–H groups in total. The number of hydrogen-bond donors (Lipinski definition) is 1. The largest absolute Gasteiger partial charge is 0.364 e. The zero-order chi connectivity index (χ0) is 23.9. The standard InChI is InChI=1S/C28H24N4O2/c1-20-6-5-7-22(18-20)28(34)27(16-3-4-17-27)31(24-12-8-21(19-29)9-13-24)26(33)32(28)25-14-10-23(30-2)11-15-25/h5-15,18,34H,3-4,16-17H2,1H3. The third-order valence-corrected chi connectivity index (χ3v) is 7.13. The molecule has 1 atom stereocenters. The molecule has 1 spiro atoms. The van der Waals surface area contributed by atoms with Crippen molar-refractivity contribution in [3.63, 3.8) is 0 Å². The zero-order valence-electron chi connectivity index (χ0n) is 18.9. The summed E-state index contributed by atoms with van der Waals surface area (Å²) in [5.41, 5.74) is 1.30. The summed E-state index contributed by atoms with van der Waals surface area (Å²) >= 11 is 0. The van der Waals surface area contributed by atoms with Crippen LogP contribution in [0.1, 0.15) is 42.4 Å². The lowest BCUT2D eigenvalue weighted by Gasteiger charge is -2.45. The molecule has 0 bridgehead atoms. The van der Waals surface area contributed by atoms with Crippen LogP contribution in [0, 0.1) is 24.8 Å². The summed E-state index contributed by atoms with van der Waals surface area (Å²) in [6, 6.07) is 23.2. The van der Waals surface area contributed by atoms with Crippen LogP contribution < -0.4 is 9.80 Å². The minimum atomic E-state index is -1.62. The Kier molecular flexibility index (Phi) is 5.12. The van der Waals surface area contributed by atoms with Crippen molar-refractivity contribution >= 4 is 23.1 Å². The summed E-state index contributed by atoms with van der Waals surface area (Å²) in [5.74, 6) is 0. The van der Waals surface area contributed by atoms with Gasteiger partial charge in [0.1, 0.15) is 5.54 Å². The van der Waals surface area contributed by atoms with Crippen LogP contribution in [0.25, 0.3) is 4.85 Å². The number of anilines is 2. The SMILES string of the molecule is [C-]#[N+]c1ccc(N2C(=O)N(c3ccc(C#N)cc3)C3(CCCC3)C2(O)c2cccc(C)c2)cc1. The number of urea groups is 1. The number of benzene rings is 3. The average molecular weight is 449 g/mol. The first kappa shape index (κ1) is 21.7. The van der Waals surface area contributed by atoms with Gasteiger partial charge in [-0.15, -0.1) is 0 Å². The molecule has 6 nitrogen and oxygen atoms in total. The van der Waals surface area contributed by atoms with E-state index in [4.69, 9.17) is 6.57 Å². The van der Waals surface area contributed by atoms with Gasteiger partial charge in [-0.2, -0.15) is 5.26 Å². The predicted molar refractivity (Wildman–Crippen MR) is 130 cm³/mol. The molecule has 1 heterocycles. The van der Waals surface area contributed by atoms with Gasteiger partial charge in [0.15, 0.2) is 11.4 Å². The summed E-state index contributed by atoms with van der Waals surface area (Å²) in [7, 11) is 0. The van der Waals surface area contributed by atoms with E-state index >= 15 is 0 Å². The number of carbonyl (C=O) groups excluding carboxylic acids is 1. The molecule has 2 fully saturated rings. The number of rotatable bonds is 3. The van der Waals surface area contributed by atoms with Crippen molar-refractivity contribution in [2.75, 3.05) is 9.80 Å². The molecule has 0 aromatic heterocycles. The van der Waals surface area contributed by atoms with Gasteiger partial charge < -0.3 is 5.11 Å². The number of nitrogens with zero attached hydrogens (tertiary/aromatic N) is 4. The Morgan fingerprint density at radius 3 is 2.18 bits per heavy atom. The molecule has 0 radical (unpaired) electrons. The Balaban J connectivity index is 1.77. The van der Waals surface area contributed by atoms with E-state index in [1.54, 1.807) is 53.4 Å². The minimum absolute atomic E-state index is 0.328. The Bertz CT molecular complexity index is 1330. The van der Waals surface area contributed by atoms with Crippen molar-refractivity contribution in [3.8, 4) is 6.07 Å². The third kappa shape index (κ3) is 3.00. The molecule has 2 amide bonds. The van der Waals surface area contributed by atoms with E-state index in [0.717, 1.165) is 18.4 Å². The van der Waals surface area contributed by atoms with Crippen molar-refractivity contribution in [1.82, 2.24) is 0 Å². The van der Waals surface area contributed by atoms with Crippen molar-refractivity contribution in [2.24, 2.45) is 0 Å². The van der Waals surface area contributed by atoms with Crippen molar-refractivity contribution in [1.29, 1.82) is 5.26 Å². The number of aliphatic hydroxyl groups is 1. The highest BCUT2D eigenvalue weighted by Gasteiger charge is 2.68.